The number of nitrogens with one attached hydrogen (secondary N) is 1. The first-order chi connectivity index (χ1) is 14.3. The number of furan rings is 1. The molecule has 0 spiro atoms. The molecule has 3 heterocycles. The van der Waals surface area contributed by atoms with E-state index in [0.717, 1.165) is 5.52 Å². The van der Waals surface area contributed by atoms with Crippen molar-refractivity contribution in [2.45, 2.75) is 39.8 Å². The quantitative estimate of drug-likeness (QED) is 0.539. The molecule has 1 aromatic carbocycles. The van der Waals surface area contributed by atoms with Gasteiger partial charge in [-0.3, -0.25) is 9.59 Å². The molecule has 9 nitrogen and oxygen atoms in total. The standard InChI is InChI=1S/C21H21N5O4/c1-11(2)26-16-8-7-14(10-15(16)22-13(4)21(26)28)18-24-20(30-25-18)12(3)23-19(27)17-6-5-9-29-17/h5-12H,1-4H3,(H,23,27). The van der Waals surface area contributed by atoms with Crippen LogP contribution in [0.2, 0.25) is 0 Å². The summed E-state index contributed by atoms with van der Waals surface area (Å²) >= 11 is 0. The summed E-state index contributed by atoms with van der Waals surface area (Å²) in [5.41, 5.74) is 2.43. The van der Waals surface area contributed by atoms with Crippen LogP contribution in [0.3, 0.4) is 0 Å². The highest BCUT2D eigenvalue weighted by atomic mass is 16.5. The molecule has 0 aliphatic heterocycles. The summed E-state index contributed by atoms with van der Waals surface area (Å²) in [6, 6.07) is 8.18. The monoisotopic (exact) mass is 407 g/mol. The first-order valence-electron chi connectivity index (χ1n) is 9.56. The third-order valence-corrected chi connectivity index (χ3v) is 4.73. The SMILES string of the molecule is Cc1nc2cc(-c3noc(C(C)NC(=O)c4ccco4)n3)ccc2n(C(C)C)c1=O. The lowest BCUT2D eigenvalue weighted by molar-refractivity contribution is 0.0904. The highest BCUT2D eigenvalue weighted by Gasteiger charge is 2.20. The summed E-state index contributed by atoms with van der Waals surface area (Å²) in [5.74, 6) is 0.465. The van der Waals surface area contributed by atoms with Gasteiger partial charge in [-0.05, 0) is 58.0 Å². The van der Waals surface area contributed by atoms with Gasteiger partial charge in [0.2, 0.25) is 11.7 Å². The van der Waals surface area contributed by atoms with Crippen molar-refractivity contribution in [1.29, 1.82) is 0 Å². The van der Waals surface area contributed by atoms with Crippen LogP contribution < -0.4 is 10.9 Å². The molecule has 154 valence electrons. The average molecular weight is 407 g/mol. The van der Waals surface area contributed by atoms with Gasteiger partial charge in [-0.15, -0.1) is 0 Å². The van der Waals surface area contributed by atoms with Crippen LogP contribution in [0.4, 0.5) is 0 Å². The van der Waals surface area contributed by atoms with Gasteiger partial charge in [-0.1, -0.05) is 5.16 Å². The fourth-order valence-electron chi connectivity index (χ4n) is 3.25. The molecule has 1 atom stereocenters. The van der Waals surface area contributed by atoms with Crippen LogP contribution >= 0.6 is 0 Å². The van der Waals surface area contributed by atoms with Gasteiger partial charge >= 0.3 is 0 Å². The Hall–Kier alpha value is -3.75. The first kappa shape index (κ1) is 19.6. The number of rotatable bonds is 5. The Kier molecular flexibility index (Phi) is 4.94. The minimum Gasteiger partial charge on any atom is -0.459 e. The second kappa shape index (κ2) is 7.58. The van der Waals surface area contributed by atoms with E-state index in [4.69, 9.17) is 8.94 Å². The number of fused-ring (bicyclic) bond motifs is 1. The summed E-state index contributed by atoms with van der Waals surface area (Å²) in [6.07, 6.45) is 1.43. The largest absolute Gasteiger partial charge is 0.459 e. The van der Waals surface area contributed by atoms with Gasteiger partial charge in [0.1, 0.15) is 11.7 Å². The van der Waals surface area contributed by atoms with E-state index >= 15 is 0 Å². The summed E-state index contributed by atoms with van der Waals surface area (Å²) in [6.45, 7) is 7.35. The lowest BCUT2D eigenvalue weighted by Gasteiger charge is -2.14. The van der Waals surface area contributed by atoms with Gasteiger partial charge in [0.15, 0.2) is 5.76 Å². The van der Waals surface area contributed by atoms with Crippen LogP contribution in [0, 0.1) is 6.92 Å². The lowest BCUT2D eigenvalue weighted by atomic mass is 10.1. The van der Waals surface area contributed by atoms with Crippen molar-refractivity contribution in [1.82, 2.24) is 25.0 Å². The zero-order valence-corrected chi connectivity index (χ0v) is 17.0. The van der Waals surface area contributed by atoms with Gasteiger partial charge < -0.3 is 18.8 Å². The minimum atomic E-state index is -0.504. The van der Waals surface area contributed by atoms with E-state index in [1.807, 2.05) is 32.0 Å². The fourth-order valence-corrected chi connectivity index (χ4v) is 3.25. The molecule has 1 amide bonds. The summed E-state index contributed by atoms with van der Waals surface area (Å²) < 4.78 is 12.1. The maximum absolute atomic E-state index is 12.5. The molecule has 0 aliphatic carbocycles. The van der Waals surface area contributed by atoms with Crippen LogP contribution in [-0.4, -0.2) is 25.6 Å². The van der Waals surface area contributed by atoms with E-state index in [1.165, 1.54) is 6.26 Å². The van der Waals surface area contributed by atoms with Gasteiger partial charge in [0.05, 0.1) is 17.3 Å². The van der Waals surface area contributed by atoms with Crippen LogP contribution in [0.25, 0.3) is 22.4 Å². The van der Waals surface area contributed by atoms with E-state index in [9.17, 15) is 9.59 Å². The van der Waals surface area contributed by atoms with Crippen LogP contribution in [0.5, 0.6) is 0 Å². The summed E-state index contributed by atoms with van der Waals surface area (Å²) in [5, 5.41) is 6.77. The fraction of sp³-hybridized carbons (Fsp3) is 0.286. The number of hydrogen-bond donors (Lipinski definition) is 1. The van der Waals surface area contributed by atoms with Crippen molar-refractivity contribution in [3.8, 4) is 11.4 Å². The predicted molar refractivity (Wildman–Crippen MR) is 109 cm³/mol. The van der Waals surface area contributed by atoms with Crippen LogP contribution in [-0.2, 0) is 0 Å². The molecule has 0 saturated heterocycles. The van der Waals surface area contributed by atoms with E-state index in [-0.39, 0.29) is 29.2 Å². The smallest absolute Gasteiger partial charge is 0.287 e. The molecule has 0 fully saturated rings. The van der Waals surface area contributed by atoms with E-state index < -0.39 is 6.04 Å². The molecular weight excluding hydrogens is 386 g/mol. The Bertz CT molecular complexity index is 1270. The topological polar surface area (TPSA) is 116 Å². The Morgan fingerprint density at radius 1 is 1.17 bits per heavy atom. The third-order valence-electron chi connectivity index (χ3n) is 4.73. The van der Waals surface area contributed by atoms with Crippen molar-refractivity contribution in [2.24, 2.45) is 0 Å². The zero-order chi connectivity index (χ0) is 21.4. The van der Waals surface area contributed by atoms with Crippen molar-refractivity contribution in [2.75, 3.05) is 0 Å². The second-order valence-electron chi connectivity index (χ2n) is 7.30. The minimum absolute atomic E-state index is 0.00273. The molecule has 4 rings (SSSR count). The normalized spacial score (nSPS) is 12.4. The number of aryl methyl sites for hydroxylation is 1. The second-order valence-corrected chi connectivity index (χ2v) is 7.30. The molecule has 0 radical (unpaired) electrons. The Morgan fingerprint density at radius 2 is 1.97 bits per heavy atom. The number of amides is 1. The third kappa shape index (κ3) is 3.49. The van der Waals surface area contributed by atoms with Crippen molar-refractivity contribution in [3.63, 3.8) is 0 Å². The molecule has 0 saturated carbocycles. The number of benzene rings is 1. The number of nitrogens with zero attached hydrogens (tertiary/aromatic N) is 4. The number of carbonyl (C=O) groups excluding carboxylic acids is 1. The maximum Gasteiger partial charge on any atom is 0.287 e. The number of hydrogen-bond acceptors (Lipinski definition) is 7. The Balaban J connectivity index is 1.64. The van der Waals surface area contributed by atoms with E-state index in [0.29, 0.717) is 22.6 Å². The first-order valence-corrected chi connectivity index (χ1v) is 9.56. The molecule has 9 heteroatoms. The highest BCUT2D eigenvalue weighted by Crippen LogP contribution is 2.24. The van der Waals surface area contributed by atoms with Crippen molar-refractivity contribution < 1.29 is 13.7 Å². The number of carbonyl (C=O) groups is 1. The lowest BCUT2D eigenvalue weighted by Crippen LogP contribution is -2.26. The molecule has 0 bridgehead atoms. The summed E-state index contributed by atoms with van der Waals surface area (Å²) in [4.78, 5) is 33.4. The van der Waals surface area contributed by atoms with Gasteiger partial charge in [0.25, 0.3) is 11.5 Å². The molecule has 3 aromatic heterocycles. The molecule has 1 unspecified atom stereocenters. The molecular formula is C21H21N5O4. The van der Waals surface area contributed by atoms with Crippen LogP contribution in [0.1, 0.15) is 55.0 Å². The van der Waals surface area contributed by atoms with Gasteiger partial charge in [-0.25, -0.2) is 4.98 Å². The number of aromatic nitrogens is 4. The predicted octanol–water partition coefficient (Wildman–Crippen LogP) is 3.42. The highest BCUT2D eigenvalue weighted by molar-refractivity contribution is 5.91. The van der Waals surface area contributed by atoms with Crippen molar-refractivity contribution in [3.05, 3.63) is 64.3 Å². The van der Waals surface area contributed by atoms with Crippen molar-refractivity contribution >= 4 is 16.9 Å². The Morgan fingerprint density at radius 3 is 2.67 bits per heavy atom. The molecule has 0 aliphatic rings. The maximum atomic E-state index is 12.5. The van der Waals surface area contributed by atoms with Gasteiger partial charge in [-0.2, -0.15) is 4.98 Å². The average Bonchev–Trinajstić information content (AvgIpc) is 3.40. The van der Waals surface area contributed by atoms with Crippen LogP contribution in [0.15, 0.2) is 50.3 Å². The molecule has 30 heavy (non-hydrogen) atoms. The Labute approximate surface area is 171 Å². The van der Waals surface area contributed by atoms with Gasteiger partial charge in [0, 0.05) is 11.6 Å². The van der Waals surface area contributed by atoms with E-state index in [1.54, 1.807) is 30.5 Å². The zero-order valence-electron chi connectivity index (χ0n) is 17.0. The summed E-state index contributed by atoms with van der Waals surface area (Å²) in [7, 11) is 0. The molecule has 1 N–H and O–H groups in total. The molecule has 4 aromatic rings. The van der Waals surface area contributed by atoms with E-state index in [2.05, 4.69) is 20.4 Å².